The molecule has 0 aromatic heterocycles. The highest BCUT2D eigenvalue weighted by Crippen LogP contribution is 2.46. The molecular formula is C38H44F3N5O9S. The lowest BCUT2D eigenvalue weighted by Crippen LogP contribution is -2.58. The van der Waals surface area contributed by atoms with E-state index in [1.807, 2.05) is 0 Å². The number of fused-ring (bicyclic) bond motifs is 3. The third kappa shape index (κ3) is 8.79. The highest BCUT2D eigenvalue weighted by atomic mass is 32.2. The van der Waals surface area contributed by atoms with E-state index in [1.54, 1.807) is 43.7 Å². The van der Waals surface area contributed by atoms with Gasteiger partial charge in [0.05, 0.1) is 13.1 Å². The van der Waals surface area contributed by atoms with Gasteiger partial charge >= 0.3 is 12.2 Å². The van der Waals surface area contributed by atoms with E-state index in [0.717, 1.165) is 23.1 Å². The fourth-order valence-corrected chi connectivity index (χ4v) is 8.52. The van der Waals surface area contributed by atoms with Crippen LogP contribution < -0.4 is 15.4 Å². The number of rotatable bonds is 5. The van der Waals surface area contributed by atoms with Gasteiger partial charge in [-0.25, -0.2) is 35.9 Å². The predicted octanol–water partition coefficient (Wildman–Crippen LogP) is 4.32. The molecule has 18 heteroatoms. The van der Waals surface area contributed by atoms with Gasteiger partial charge in [0.25, 0.3) is 15.9 Å². The third-order valence-corrected chi connectivity index (χ3v) is 11.6. The van der Waals surface area contributed by atoms with Crippen LogP contribution in [0, 0.1) is 23.4 Å². The van der Waals surface area contributed by atoms with Crippen molar-refractivity contribution < 1.29 is 55.0 Å². The summed E-state index contributed by atoms with van der Waals surface area (Å²) < 4.78 is 82.7. The van der Waals surface area contributed by atoms with Crippen LogP contribution in [0.3, 0.4) is 0 Å². The van der Waals surface area contributed by atoms with Crippen molar-refractivity contribution in [3.63, 3.8) is 0 Å². The van der Waals surface area contributed by atoms with E-state index in [1.165, 1.54) is 17.0 Å². The standard InChI is InChI=1S/C38H44F3N5O9S/c1-37(2,3)55-35(50)42-29-16-8-6-4-5-7-12-23-18-38(23,34(49)44-56(52,53)31-27(40)14-10-15-28(31)41)43-32(47)30-17-24(20-46(30)33(29)48)54-36(51)45-19-22-11-9-13-26(39)25(22)21-45/h7,9-15,23-24,29-30H,4-6,8,16-21H2,1-3H3,(H,42,50)(H,43,47)(H,44,49)/t23-,24-,29+,30+,38-/m1/s1. The van der Waals surface area contributed by atoms with Crippen molar-refractivity contribution in [2.45, 2.75) is 113 Å². The number of halogens is 3. The van der Waals surface area contributed by atoms with Crippen molar-refractivity contribution in [3.8, 4) is 0 Å². The van der Waals surface area contributed by atoms with E-state index >= 15 is 0 Å². The molecule has 3 N–H and O–H groups in total. The number of hydrogen-bond acceptors (Lipinski definition) is 9. The van der Waals surface area contributed by atoms with Gasteiger partial charge in [-0.15, -0.1) is 0 Å². The lowest BCUT2D eigenvalue weighted by Gasteiger charge is -2.30. The first-order valence-electron chi connectivity index (χ1n) is 18.4. The maximum atomic E-state index is 14.5. The van der Waals surface area contributed by atoms with Crippen molar-refractivity contribution in [1.29, 1.82) is 0 Å². The van der Waals surface area contributed by atoms with Crippen LogP contribution in [-0.2, 0) is 47.0 Å². The molecule has 4 aliphatic rings. The van der Waals surface area contributed by atoms with Gasteiger partial charge in [0.2, 0.25) is 11.8 Å². The molecule has 0 radical (unpaired) electrons. The highest BCUT2D eigenvalue weighted by Gasteiger charge is 2.62. The van der Waals surface area contributed by atoms with Crippen LogP contribution in [0.1, 0.15) is 76.8 Å². The van der Waals surface area contributed by atoms with Crippen LogP contribution in [0.15, 0.2) is 53.4 Å². The molecule has 0 unspecified atom stereocenters. The smallest absolute Gasteiger partial charge is 0.410 e. The van der Waals surface area contributed by atoms with E-state index in [9.17, 15) is 45.6 Å². The van der Waals surface area contributed by atoms with Crippen molar-refractivity contribution in [1.82, 2.24) is 25.2 Å². The van der Waals surface area contributed by atoms with Crippen LogP contribution in [-0.4, -0.2) is 84.0 Å². The normalized spacial score (nSPS) is 25.5. The van der Waals surface area contributed by atoms with E-state index in [2.05, 4.69) is 10.6 Å². The molecule has 2 fully saturated rings. The quantitative estimate of drug-likeness (QED) is 0.371. The Hall–Kier alpha value is -5.13. The highest BCUT2D eigenvalue weighted by molar-refractivity contribution is 7.90. The lowest BCUT2D eigenvalue weighted by atomic mass is 10.0. The Morgan fingerprint density at radius 3 is 2.36 bits per heavy atom. The van der Waals surface area contributed by atoms with Crippen molar-refractivity contribution in [2.75, 3.05) is 6.54 Å². The van der Waals surface area contributed by atoms with Gasteiger partial charge in [0.15, 0.2) is 4.90 Å². The zero-order valence-electron chi connectivity index (χ0n) is 31.1. The zero-order chi connectivity index (χ0) is 40.6. The Bertz CT molecular complexity index is 2040. The molecule has 5 atom stereocenters. The number of alkyl carbamates (subject to hydrolysis) is 1. The molecule has 6 rings (SSSR count). The minimum Gasteiger partial charge on any atom is -0.444 e. The molecule has 0 spiro atoms. The van der Waals surface area contributed by atoms with Gasteiger partial charge < -0.3 is 25.0 Å². The molecule has 3 aliphatic heterocycles. The molecule has 0 bridgehead atoms. The van der Waals surface area contributed by atoms with Gasteiger partial charge in [0, 0.05) is 24.4 Å². The summed E-state index contributed by atoms with van der Waals surface area (Å²) in [5, 5.41) is 5.23. The van der Waals surface area contributed by atoms with Crippen LogP contribution in [0.2, 0.25) is 0 Å². The van der Waals surface area contributed by atoms with Gasteiger partial charge in [-0.05, 0) is 70.2 Å². The summed E-state index contributed by atoms with van der Waals surface area (Å²) in [6.07, 6.45) is 2.83. The van der Waals surface area contributed by atoms with Crippen LogP contribution in [0.5, 0.6) is 0 Å². The number of ether oxygens (including phenoxy) is 2. The summed E-state index contributed by atoms with van der Waals surface area (Å²) in [6.45, 7) is 4.67. The molecule has 2 aromatic carbocycles. The largest absolute Gasteiger partial charge is 0.444 e. The summed E-state index contributed by atoms with van der Waals surface area (Å²) in [6, 6.07) is 4.33. The van der Waals surface area contributed by atoms with Gasteiger partial charge in [0.1, 0.15) is 46.8 Å². The molecule has 1 aliphatic carbocycles. The van der Waals surface area contributed by atoms with Crippen molar-refractivity contribution in [2.24, 2.45) is 5.92 Å². The number of nitrogens with one attached hydrogen (secondary N) is 3. The molecule has 56 heavy (non-hydrogen) atoms. The lowest BCUT2D eigenvalue weighted by molar-refractivity contribution is -0.141. The minimum absolute atomic E-state index is 0.0613. The number of carbonyl (C=O) groups is 5. The van der Waals surface area contributed by atoms with E-state index in [-0.39, 0.29) is 38.9 Å². The molecule has 5 amide bonds. The van der Waals surface area contributed by atoms with Crippen LogP contribution >= 0.6 is 0 Å². The second-order valence-electron chi connectivity index (χ2n) is 15.5. The number of sulfonamides is 1. The fraction of sp³-hybridized carbons (Fsp3) is 0.500. The topological polar surface area (TPSA) is 181 Å². The molecule has 14 nitrogen and oxygen atoms in total. The van der Waals surface area contributed by atoms with Gasteiger partial charge in [-0.3, -0.25) is 19.3 Å². The minimum atomic E-state index is -5.10. The van der Waals surface area contributed by atoms with Gasteiger partial charge in [-0.2, -0.15) is 0 Å². The van der Waals surface area contributed by atoms with Crippen LogP contribution in [0.25, 0.3) is 0 Å². The SMILES string of the molecule is CC(C)(C)OC(=O)N[C@H]1CCCCCC=C[C@@H]2C[C@@]2(C(=O)NS(=O)(=O)c2c(F)cccc2F)NC(=O)[C@@H]2C[C@@H](OC(=O)N3Cc4cccc(F)c4C3)CN2C1=O. The summed E-state index contributed by atoms with van der Waals surface area (Å²) in [5.74, 6) is -6.92. The first-order chi connectivity index (χ1) is 26.4. The number of hydrogen-bond donors (Lipinski definition) is 3. The Morgan fingerprint density at radius 1 is 0.964 bits per heavy atom. The Kier molecular flexibility index (Phi) is 11.4. The first kappa shape index (κ1) is 40.5. The maximum absolute atomic E-state index is 14.5. The second-order valence-corrected chi connectivity index (χ2v) is 17.1. The number of allylic oxidation sites excluding steroid dienone is 1. The Morgan fingerprint density at radius 2 is 1.66 bits per heavy atom. The Balaban J connectivity index is 1.28. The fourth-order valence-electron chi connectivity index (χ4n) is 7.35. The molecule has 1 saturated heterocycles. The average Bonchev–Trinajstić information content (AvgIpc) is 3.40. The molecular weight excluding hydrogens is 760 g/mol. The summed E-state index contributed by atoms with van der Waals surface area (Å²) >= 11 is 0. The van der Waals surface area contributed by atoms with E-state index in [4.69, 9.17) is 9.47 Å². The third-order valence-electron chi connectivity index (χ3n) is 10.2. The van der Waals surface area contributed by atoms with Gasteiger partial charge in [-0.1, -0.05) is 43.2 Å². The molecule has 1 saturated carbocycles. The summed E-state index contributed by atoms with van der Waals surface area (Å²) in [7, 11) is -5.10. The zero-order valence-corrected chi connectivity index (χ0v) is 31.9. The number of carbonyl (C=O) groups excluding carboxylic acids is 5. The molecule has 3 heterocycles. The molecule has 302 valence electrons. The Labute approximate surface area is 322 Å². The average molecular weight is 804 g/mol. The first-order valence-corrected chi connectivity index (χ1v) is 19.9. The summed E-state index contributed by atoms with van der Waals surface area (Å²) in [4.78, 5) is 69.7. The number of nitrogens with zero attached hydrogens (tertiary/aromatic N) is 2. The predicted molar refractivity (Wildman–Crippen MR) is 192 cm³/mol. The van der Waals surface area contributed by atoms with E-state index in [0.29, 0.717) is 36.8 Å². The second kappa shape index (κ2) is 15.8. The van der Waals surface area contributed by atoms with Crippen LogP contribution in [0.4, 0.5) is 22.8 Å². The summed E-state index contributed by atoms with van der Waals surface area (Å²) in [5.41, 5.74) is -1.85. The monoisotopic (exact) mass is 803 g/mol. The number of benzene rings is 2. The number of amides is 5. The van der Waals surface area contributed by atoms with E-state index < -0.39 is 97.5 Å². The van der Waals surface area contributed by atoms with Crippen molar-refractivity contribution >= 4 is 39.9 Å². The molecule has 2 aromatic rings. The maximum Gasteiger partial charge on any atom is 0.410 e. The van der Waals surface area contributed by atoms with Crippen molar-refractivity contribution in [3.05, 3.63) is 77.1 Å².